The van der Waals surface area contributed by atoms with E-state index in [2.05, 4.69) is 5.32 Å². The molecule has 124 valence electrons. The standard InChI is InChI=1S/C18H23NO4/c1-22-16(20)15(14-10-18(11-14)8-5-9-18)19-17(21)23-12-13-6-3-2-4-7-13/h2-4,6-7,14-15H,5,8-12H2,1H3,(H,19,21). The molecule has 3 rings (SSSR count). The number of amides is 1. The number of hydrogen-bond donors (Lipinski definition) is 1. The van der Waals surface area contributed by atoms with Gasteiger partial charge < -0.3 is 14.8 Å². The van der Waals surface area contributed by atoms with E-state index in [0.29, 0.717) is 5.41 Å². The molecule has 1 amide bonds. The summed E-state index contributed by atoms with van der Waals surface area (Å²) in [5, 5.41) is 2.69. The van der Waals surface area contributed by atoms with Crippen molar-refractivity contribution in [2.45, 2.75) is 44.8 Å². The molecular weight excluding hydrogens is 294 g/mol. The van der Waals surface area contributed by atoms with Crippen LogP contribution in [0.5, 0.6) is 0 Å². The highest BCUT2D eigenvalue weighted by atomic mass is 16.6. The van der Waals surface area contributed by atoms with Gasteiger partial charge in [-0.25, -0.2) is 9.59 Å². The van der Waals surface area contributed by atoms with Crippen LogP contribution in [0.3, 0.4) is 0 Å². The molecule has 1 unspecified atom stereocenters. The van der Waals surface area contributed by atoms with Gasteiger partial charge in [0, 0.05) is 0 Å². The molecule has 2 aliphatic carbocycles. The molecule has 1 spiro atoms. The van der Waals surface area contributed by atoms with E-state index in [1.54, 1.807) is 0 Å². The van der Waals surface area contributed by atoms with Gasteiger partial charge in [0.05, 0.1) is 7.11 Å². The molecule has 2 aliphatic rings. The van der Waals surface area contributed by atoms with Gasteiger partial charge in [-0.2, -0.15) is 0 Å². The van der Waals surface area contributed by atoms with Crippen molar-refractivity contribution in [3.63, 3.8) is 0 Å². The third-order valence-corrected chi connectivity index (χ3v) is 5.22. The van der Waals surface area contributed by atoms with Gasteiger partial charge in [0.15, 0.2) is 0 Å². The maximum Gasteiger partial charge on any atom is 0.408 e. The molecule has 0 saturated heterocycles. The summed E-state index contributed by atoms with van der Waals surface area (Å²) >= 11 is 0. The molecule has 23 heavy (non-hydrogen) atoms. The van der Waals surface area contributed by atoms with E-state index in [9.17, 15) is 9.59 Å². The van der Waals surface area contributed by atoms with Crippen molar-refractivity contribution < 1.29 is 19.1 Å². The first-order valence-corrected chi connectivity index (χ1v) is 8.17. The maximum absolute atomic E-state index is 12.0. The van der Waals surface area contributed by atoms with Crippen molar-refractivity contribution >= 4 is 12.1 Å². The van der Waals surface area contributed by atoms with E-state index >= 15 is 0 Å². The minimum atomic E-state index is -0.602. The van der Waals surface area contributed by atoms with Crippen molar-refractivity contribution in [1.82, 2.24) is 5.32 Å². The number of hydrogen-bond acceptors (Lipinski definition) is 4. The largest absolute Gasteiger partial charge is 0.467 e. The summed E-state index contributed by atoms with van der Waals surface area (Å²) in [4.78, 5) is 24.0. The molecule has 1 aromatic rings. The number of carbonyl (C=O) groups is 2. The van der Waals surface area contributed by atoms with Gasteiger partial charge in [0.1, 0.15) is 12.6 Å². The minimum absolute atomic E-state index is 0.159. The highest BCUT2D eigenvalue weighted by Crippen LogP contribution is 2.59. The molecule has 0 heterocycles. The SMILES string of the molecule is COC(=O)C(NC(=O)OCc1ccccc1)C1CC2(CCC2)C1. The fourth-order valence-corrected chi connectivity index (χ4v) is 3.76. The first-order chi connectivity index (χ1) is 11.1. The second-order valence-corrected chi connectivity index (χ2v) is 6.73. The van der Waals surface area contributed by atoms with Gasteiger partial charge in [0.2, 0.25) is 0 Å². The van der Waals surface area contributed by atoms with Crippen LogP contribution in [-0.4, -0.2) is 25.2 Å². The number of nitrogens with one attached hydrogen (secondary N) is 1. The lowest BCUT2D eigenvalue weighted by molar-refractivity contribution is -0.149. The minimum Gasteiger partial charge on any atom is -0.467 e. The van der Waals surface area contributed by atoms with Crippen LogP contribution in [0.15, 0.2) is 30.3 Å². The van der Waals surface area contributed by atoms with E-state index in [-0.39, 0.29) is 18.5 Å². The number of methoxy groups -OCH3 is 1. The predicted molar refractivity (Wildman–Crippen MR) is 84.6 cm³/mol. The van der Waals surface area contributed by atoms with Crippen molar-refractivity contribution in [2.75, 3.05) is 7.11 Å². The first-order valence-electron chi connectivity index (χ1n) is 8.17. The smallest absolute Gasteiger partial charge is 0.408 e. The van der Waals surface area contributed by atoms with E-state index < -0.39 is 12.1 Å². The number of esters is 1. The lowest BCUT2D eigenvalue weighted by atomic mass is 9.50. The van der Waals surface area contributed by atoms with Crippen LogP contribution in [0.2, 0.25) is 0 Å². The molecule has 5 heteroatoms. The van der Waals surface area contributed by atoms with Crippen molar-refractivity contribution in [3.05, 3.63) is 35.9 Å². The summed E-state index contributed by atoms with van der Waals surface area (Å²) in [5.41, 5.74) is 1.35. The van der Waals surface area contributed by atoms with Crippen LogP contribution in [0.1, 0.15) is 37.7 Å². The molecule has 0 aliphatic heterocycles. The van der Waals surface area contributed by atoms with Gasteiger partial charge in [-0.15, -0.1) is 0 Å². The second kappa shape index (κ2) is 6.60. The average molecular weight is 317 g/mol. The Morgan fingerprint density at radius 3 is 2.52 bits per heavy atom. The lowest BCUT2D eigenvalue weighted by Crippen LogP contribution is -2.55. The summed E-state index contributed by atoms with van der Waals surface area (Å²) in [6.45, 7) is 0.190. The molecule has 2 fully saturated rings. The third-order valence-electron chi connectivity index (χ3n) is 5.22. The zero-order chi connectivity index (χ0) is 16.3. The van der Waals surface area contributed by atoms with E-state index in [1.807, 2.05) is 30.3 Å². The average Bonchev–Trinajstić information content (AvgIpc) is 2.49. The molecule has 0 radical (unpaired) electrons. The molecule has 2 saturated carbocycles. The molecule has 1 atom stereocenters. The maximum atomic E-state index is 12.0. The summed E-state index contributed by atoms with van der Waals surface area (Å²) in [5.74, 6) is -0.229. The Bertz CT molecular complexity index is 560. The van der Waals surface area contributed by atoms with Gasteiger partial charge in [-0.1, -0.05) is 36.8 Å². The summed E-state index contributed by atoms with van der Waals surface area (Å²) < 4.78 is 10.0. The van der Waals surface area contributed by atoms with E-state index in [0.717, 1.165) is 18.4 Å². The summed E-state index contributed by atoms with van der Waals surface area (Å²) in [6.07, 6.45) is 5.18. The Kier molecular flexibility index (Phi) is 4.55. The molecule has 1 aromatic carbocycles. The van der Waals surface area contributed by atoms with Crippen LogP contribution in [0, 0.1) is 11.3 Å². The first kappa shape index (κ1) is 15.8. The van der Waals surface area contributed by atoms with Gasteiger partial charge in [-0.3, -0.25) is 0 Å². The predicted octanol–water partition coefficient (Wildman–Crippen LogP) is 3.03. The van der Waals surface area contributed by atoms with Crippen LogP contribution >= 0.6 is 0 Å². The molecular formula is C18H23NO4. The third kappa shape index (κ3) is 3.49. The fourth-order valence-electron chi connectivity index (χ4n) is 3.76. The van der Waals surface area contributed by atoms with Crippen molar-refractivity contribution in [2.24, 2.45) is 11.3 Å². The number of carbonyl (C=O) groups excluding carboxylic acids is 2. The van der Waals surface area contributed by atoms with Crippen LogP contribution in [0.4, 0.5) is 4.79 Å². The summed E-state index contributed by atoms with van der Waals surface area (Å²) in [6, 6.07) is 8.86. The number of ether oxygens (including phenoxy) is 2. The quantitative estimate of drug-likeness (QED) is 0.848. The number of alkyl carbamates (subject to hydrolysis) is 1. The Balaban J connectivity index is 1.51. The molecule has 0 aromatic heterocycles. The van der Waals surface area contributed by atoms with Gasteiger partial charge in [0.25, 0.3) is 0 Å². The molecule has 5 nitrogen and oxygen atoms in total. The van der Waals surface area contributed by atoms with Gasteiger partial charge >= 0.3 is 12.1 Å². The zero-order valence-electron chi connectivity index (χ0n) is 13.4. The Labute approximate surface area is 136 Å². The number of rotatable bonds is 5. The monoisotopic (exact) mass is 317 g/mol. The Hall–Kier alpha value is -2.04. The topological polar surface area (TPSA) is 64.6 Å². The van der Waals surface area contributed by atoms with E-state index in [1.165, 1.54) is 26.4 Å². The van der Waals surface area contributed by atoms with E-state index in [4.69, 9.17) is 9.47 Å². The number of benzene rings is 1. The van der Waals surface area contributed by atoms with Crippen LogP contribution in [-0.2, 0) is 20.9 Å². The van der Waals surface area contributed by atoms with Crippen molar-refractivity contribution in [1.29, 1.82) is 0 Å². The normalized spacial score (nSPS) is 20.0. The van der Waals surface area contributed by atoms with Crippen LogP contribution < -0.4 is 5.32 Å². The lowest BCUT2D eigenvalue weighted by Gasteiger charge is -2.55. The second-order valence-electron chi connectivity index (χ2n) is 6.73. The fraction of sp³-hybridized carbons (Fsp3) is 0.556. The highest BCUT2D eigenvalue weighted by molar-refractivity contribution is 5.81. The van der Waals surface area contributed by atoms with Crippen LogP contribution in [0.25, 0.3) is 0 Å². The van der Waals surface area contributed by atoms with Gasteiger partial charge in [-0.05, 0) is 42.6 Å². The summed E-state index contributed by atoms with van der Waals surface area (Å²) in [7, 11) is 1.35. The molecule has 0 bridgehead atoms. The Morgan fingerprint density at radius 2 is 1.96 bits per heavy atom. The zero-order valence-corrected chi connectivity index (χ0v) is 13.4. The highest BCUT2D eigenvalue weighted by Gasteiger charge is 2.52. The van der Waals surface area contributed by atoms with Crippen molar-refractivity contribution in [3.8, 4) is 0 Å². The molecule has 1 N–H and O–H groups in total. The Morgan fingerprint density at radius 1 is 1.26 bits per heavy atom.